The molecule has 1 aliphatic carbocycles. The molecular weight excluding hydrogens is 376 g/mol. The summed E-state index contributed by atoms with van der Waals surface area (Å²) in [6.45, 7) is 8.51. The third-order valence-corrected chi connectivity index (χ3v) is 6.38. The predicted molar refractivity (Wildman–Crippen MR) is 118 cm³/mol. The summed E-state index contributed by atoms with van der Waals surface area (Å²) >= 11 is 0. The summed E-state index contributed by atoms with van der Waals surface area (Å²) in [6, 6.07) is 10.9. The summed E-state index contributed by atoms with van der Waals surface area (Å²) < 4.78 is 17.5. The van der Waals surface area contributed by atoms with Gasteiger partial charge in [-0.25, -0.2) is 0 Å². The summed E-state index contributed by atoms with van der Waals surface area (Å²) in [5.74, 6) is 3.77. The average Bonchev–Trinajstić information content (AvgIpc) is 3.37. The monoisotopic (exact) mass is 410 g/mol. The van der Waals surface area contributed by atoms with Crippen LogP contribution in [-0.2, 0) is 4.74 Å². The van der Waals surface area contributed by atoms with E-state index in [9.17, 15) is 0 Å². The Labute approximate surface area is 180 Å². The smallest absolute Gasteiger partial charge is 0.137 e. The molecule has 1 N–H and O–H groups in total. The Kier molecular flexibility index (Phi) is 7.24. The molecule has 0 bridgehead atoms. The zero-order chi connectivity index (χ0) is 20.8. The molecule has 4 atom stereocenters. The number of pyridine rings is 1. The van der Waals surface area contributed by atoms with E-state index in [0.717, 1.165) is 50.7 Å². The van der Waals surface area contributed by atoms with Crippen LogP contribution in [0.3, 0.4) is 0 Å². The Morgan fingerprint density at radius 3 is 2.63 bits per heavy atom. The average molecular weight is 411 g/mol. The minimum absolute atomic E-state index is 0.501. The quantitative estimate of drug-likeness (QED) is 0.527. The molecule has 1 saturated heterocycles. The van der Waals surface area contributed by atoms with E-state index in [1.54, 1.807) is 0 Å². The number of hydrogen-bond donors (Lipinski definition) is 1. The summed E-state index contributed by atoms with van der Waals surface area (Å²) in [4.78, 5) is 4.41. The van der Waals surface area contributed by atoms with Gasteiger partial charge in [-0.05, 0) is 67.8 Å². The zero-order valence-corrected chi connectivity index (χ0v) is 18.2. The maximum absolute atomic E-state index is 5.91. The third-order valence-electron chi connectivity index (χ3n) is 6.38. The van der Waals surface area contributed by atoms with E-state index < -0.39 is 0 Å². The van der Waals surface area contributed by atoms with Crippen LogP contribution in [-0.4, -0.2) is 44.0 Å². The molecule has 5 nitrogen and oxygen atoms in total. The number of aromatic nitrogens is 1. The van der Waals surface area contributed by atoms with Gasteiger partial charge in [0, 0.05) is 31.9 Å². The van der Waals surface area contributed by atoms with Gasteiger partial charge in [0.15, 0.2) is 0 Å². The lowest BCUT2D eigenvalue weighted by atomic mass is 10.1. The summed E-state index contributed by atoms with van der Waals surface area (Å²) in [5, 5.41) is 3.36. The second-order valence-corrected chi connectivity index (χ2v) is 8.67. The first-order valence-electron chi connectivity index (χ1n) is 11.3. The number of rotatable bonds is 12. The maximum Gasteiger partial charge on any atom is 0.137 e. The van der Waals surface area contributed by atoms with Gasteiger partial charge in [0.1, 0.15) is 18.1 Å². The predicted octanol–water partition coefficient (Wildman–Crippen LogP) is 4.36. The van der Waals surface area contributed by atoms with Crippen LogP contribution < -0.4 is 14.8 Å². The molecule has 2 aliphatic rings. The normalized spacial score (nSPS) is 24.9. The van der Waals surface area contributed by atoms with Gasteiger partial charge in [0.05, 0.1) is 12.8 Å². The van der Waals surface area contributed by atoms with E-state index in [0.29, 0.717) is 30.4 Å². The SMILES string of the molecule is Cc1ccc(OCCCOCCC2C(C)C2c2cncc(OCC3CCN3)c2)cc1. The maximum atomic E-state index is 5.91. The second-order valence-electron chi connectivity index (χ2n) is 8.67. The van der Waals surface area contributed by atoms with Crippen LogP contribution in [0, 0.1) is 18.8 Å². The van der Waals surface area contributed by atoms with Crippen molar-refractivity contribution in [1.29, 1.82) is 0 Å². The van der Waals surface area contributed by atoms with Crippen molar-refractivity contribution in [2.24, 2.45) is 11.8 Å². The van der Waals surface area contributed by atoms with E-state index in [-0.39, 0.29) is 0 Å². The highest BCUT2D eigenvalue weighted by Gasteiger charge is 2.47. The van der Waals surface area contributed by atoms with Crippen molar-refractivity contribution in [3.63, 3.8) is 0 Å². The standard InChI is InChI=1S/C25H34N2O3/c1-18-4-6-22(7-5-18)29-12-3-11-28-13-9-24-19(2)25(24)20-14-23(16-26-15-20)30-17-21-8-10-27-21/h4-7,14-16,19,21,24-25,27H,3,8-13,17H2,1-2H3. The van der Waals surface area contributed by atoms with Crippen LogP contribution in [0.2, 0.25) is 0 Å². The topological polar surface area (TPSA) is 52.6 Å². The lowest BCUT2D eigenvalue weighted by Crippen LogP contribution is -2.46. The number of nitrogens with one attached hydrogen (secondary N) is 1. The summed E-state index contributed by atoms with van der Waals surface area (Å²) in [7, 11) is 0. The first kappa shape index (κ1) is 21.1. The van der Waals surface area contributed by atoms with Gasteiger partial charge in [0.25, 0.3) is 0 Å². The molecule has 1 saturated carbocycles. The van der Waals surface area contributed by atoms with Crippen molar-refractivity contribution >= 4 is 0 Å². The molecule has 162 valence electrons. The van der Waals surface area contributed by atoms with Gasteiger partial charge in [-0.3, -0.25) is 4.98 Å². The first-order valence-corrected chi connectivity index (χ1v) is 11.3. The highest BCUT2D eigenvalue weighted by molar-refractivity contribution is 5.31. The fourth-order valence-electron chi connectivity index (χ4n) is 4.23. The number of nitrogens with zero attached hydrogens (tertiary/aromatic N) is 1. The van der Waals surface area contributed by atoms with Gasteiger partial charge in [-0.1, -0.05) is 24.6 Å². The largest absolute Gasteiger partial charge is 0.494 e. The van der Waals surface area contributed by atoms with E-state index in [2.05, 4.69) is 42.3 Å². The van der Waals surface area contributed by atoms with E-state index >= 15 is 0 Å². The molecule has 0 spiro atoms. The molecule has 1 aromatic heterocycles. The van der Waals surface area contributed by atoms with Crippen LogP contribution in [0.4, 0.5) is 0 Å². The van der Waals surface area contributed by atoms with Gasteiger partial charge < -0.3 is 19.5 Å². The fourth-order valence-corrected chi connectivity index (χ4v) is 4.23. The molecule has 1 aliphatic heterocycles. The number of ether oxygens (including phenoxy) is 3. The van der Waals surface area contributed by atoms with Crippen molar-refractivity contribution < 1.29 is 14.2 Å². The Morgan fingerprint density at radius 1 is 1.03 bits per heavy atom. The molecule has 0 radical (unpaired) electrons. The van der Waals surface area contributed by atoms with Crippen molar-refractivity contribution in [2.75, 3.05) is 33.0 Å². The zero-order valence-electron chi connectivity index (χ0n) is 18.2. The van der Waals surface area contributed by atoms with Gasteiger partial charge in [-0.15, -0.1) is 0 Å². The Hall–Kier alpha value is -2.11. The molecule has 4 unspecified atom stereocenters. The highest BCUT2D eigenvalue weighted by atomic mass is 16.5. The molecule has 2 fully saturated rings. The van der Waals surface area contributed by atoms with E-state index in [4.69, 9.17) is 14.2 Å². The van der Waals surface area contributed by atoms with Gasteiger partial charge in [-0.2, -0.15) is 0 Å². The molecule has 2 heterocycles. The van der Waals surface area contributed by atoms with Crippen molar-refractivity contribution in [2.45, 2.75) is 45.1 Å². The van der Waals surface area contributed by atoms with E-state index in [1.807, 2.05) is 24.5 Å². The second kappa shape index (κ2) is 10.3. The van der Waals surface area contributed by atoms with Crippen molar-refractivity contribution in [1.82, 2.24) is 10.3 Å². The molecular formula is C25H34N2O3. The molecule has 0 amide bonds. The van der Waals surface area contributed by atoms with Crippen LogP contribution >= 0.6 is 0 Å². The number of aryl methyl sites for hydroxylation is 1. The highest BCUT2D eigenvalue weighted by Crippen LogP contribution is 2.55. The molecule has 30 heavy (non-hydrogen) atoms. The minimum atomic E-state index is 0.501. The third kappa shape index (κ3) is 5.73. The molecule has 4 rings (SSSR count). The van der Waals surface area contributed by atoms with Gasteiger partial charge >= 0.3 is 0 Å². The van der Waals surface area contributed by atoms with Crippen molar-refractivity contribution in [3.05, 3.63) is 53.9 Å². The summed E-state index contributed by atoms with van der Waals surface area (Å²) in [6.07, 6.45) is 7.04. The fraction of sp³-hybridized carbons (Fsp3) is 0.560. The van der Waals surface area contributed by atoms with Crippen LogP contribution in [0.25, 0.3) is 0 Å². The first-order chi connectivity index (χ1) is 14.7. The Balaban J connectivity index is 1.10. The molecule has 2 aromatic rings. The van der Waals surface area contributed by atoms with Crippen LogP contribution in [0.1, 0.15) is 43.2 Å². The van der Waals surface area contributed by atoms with Gasteiger partial charge in [0.2, 0.25) is 0 Å². The Bertz CT molecular complexity index is 791. The van der Waals surface area contributed by atoms with Crippen molar-refractivity contribution in [3.8, 4) is 11.5 Å². The van der Waals surface area contributed by atoms with Crippen LogP contribution in [0.15, 0.2) is 42.7 Å². The Morgan fingerprint density at radius 2 is 1.87 bits per heavy atom. The number of hydrogen-bond acceptors (Lipinski definition) is 5. The van der Waals surface area contributed by atoms with E-state index in [1.165, 1.54) is 17.5 Å². The lowest BCUT2D eigenvalue weighted by Gasteiger charge is -2.27. The minimum Gasteiger partial charge on any atom is -0.494 e. The lowest BCUT2D eigenvalue weighted by molar-refractivity contribution is 0.113. The number of benzene rings is 1. The van der Waals surface area contributed by atoms with Crippen LogP contribution in [0.5, 0.6) is 11.5 Å². The molecule has 5 heteroatoms. The molecule has 1 aromatic carbocycles. The summed E-state index contributed by atoms with van der Waals surface area (Å²) in [5.41, 5.74) is 2.55.